The molecule has 2 aromatic heterocycles. The van der Waals surface area contributed by atoms with Crippen LogP contribution in [0.4, 0.5) is 5.69 Å². The van der Waals surface area contributed by atoms with Crippen molar-refractivity contribution in [3.05, 3.63) is 78.2 Å². The van der Waals surface area contributed by atoms with E-state index in [9.17, 15) is 5.11 Å². The van der Waals surface area contributed by atoms with Crippen LogP contribution in [0.3, 0.4) is 0 Å². The lowest BCUT2D eigenvalue weighted by Gasteiger charge is -2.19. The maximum absolute atomic E-state index is 9.59. The Morgan fingerprint density at radius 2 is 1.83 bits per heavy atom. The zero-order chi connectivity index (χ0) is 16.1. The Morgan fingerprint density at radius 3 is 2.71 bits per heavy atom. The average Bonchev–Trinajstić information content (AvgIpc) is 2.98. The summed E-state index contributed by atoms with van der Waals surface area (Å²) in [5.74, 6) is 0.263. The van der Waals surface area contributed by atoms with Crippen molar-refractivity contribution < 1.29 is 5.11 Å². The van der Waals surface area contributed by atoms with E-state index in [1.165, 1.54) is 0 Å². The smallest absolute Gasteiger partial charge is 0.137 e. The van der Waals surface area contributed by atoms with Crippen LogP contribution in [0, 0.1) is 0 Å². The Labute approximate surface area is 138 Å². The molecule has 2 aromatic carbocycles. The molecular formula is C19H14N4O. The molecule has 1 aliphatic rings. The van der Waals surface area contributed by atoms with E-state index in [0.717, 1.165) is 33.6 Å². The molecule has 0 saturated heterocycles. The number of fused-ring (bicyclic) bond motifs is 2. The molecule has 0 spiro atoms. The van der Waals surface area contributed by atoms with E-state index >= 15 is 0 Å². The number of hydrogen-bond donors (Lipinski definition) is 2. The van der Waals surface area contributed by atoms with E-state index in [-0.39, 0.29) is 11.8 Å². The third kappa shape index (κ3) is 1.81. The highest BCUT2D eigenvalue weighted by molar-refractivity contribution is 5.89. The Morgan fingerprint density at radius 1 is 1.00 bits per heavy atom. The molecule has 1 atom stereocenters. The van der Waals surface area contributed by atoms with E-state index in [0.29, 0.717) is 0 Å². The Balaban J connectivity index is 1.83. The highest BCUT2D eigenvalue weighted by Crippen LogP contribution is 2.41. The lowest BCUT2D eigenvalue weighted by atomic mass is 9.99. The molecule has 24 heavy (non-hydrogen) atoms. The fourth-order valence-electron chi connectivity index (χ4n) is 3.39. The first kappa shape index (κ1) is 13.1. The number of aromatic nitrogens is 3. The van der Waals surface area contributed by atoms with Gasteiger partial charge >= 0.3 is 0 Å². The standard InChI is InChI=1S/C19H14N4O/c24-13-7-5-12(6-8-13)17-15-9-10-23-19(15)18(20-11-21-23)14-3-1-2-4-16(14)22-17/h1-11,17,22,24H. The zero-order valence-corrected chi connectivity index (χ0v) is 12.7. The summed E-state index contributed by atoms with van der Waals surface area (Å²) in [7, 11) is 0. The van der Waals surface area contributed by atoms with Gasteiger partial charge in [0.05, 0.1) is 11.6 Å². The molecule has 0 fully saturated rings. The quantitative estimate of drug-likeness (QED) is 0.563. The molecule has 0 radical (unpaired) electrons. The largest absolute Gasteiger partial charge is 0.508 e. The molecule has 1 unspecified atom stereocenters. The predicted molar refractivity (Wildman–Crippen MR) is 92.0 cm³/mol. The SMILES string of the molecule is Oc1ccc(C2Nc3ccccc3-c3ncnn4ccc2c34)cc1. The van der Waals surface area contributed by atoms with Gasteiger partial charge in [0.25, 0.3) is 0 Å². The van der Waals surface area contributed by atoms with E-state index < -0.39 is 0 Å². The van der Waals surface area contributed by atoms with Crippen LogP contribution in [0.15, 0.2) is 67.1 Å². The van der Waals surface area contributed by atoms with Crippen molar-refractivity contribution in [2.45, 2.75) is 6.04 Å². The van der Waals surface area contributed by atoms with Crippen molar-refractivity contribution in [3.63, 3.8) is 0 Å². The van der Waals surface area contributed by atoms with E-state index in [2.05, 4.69) is 33.6 Å². The normalized spacial score (nSPS) is 15.6. The van der Waals surface area contributed by atoms with Gasteiger partial charge in [-0.1, -0.05) is 30.3 Å². The molecule has 5 nitrogen and oxygen atoms in total. The van der Waals surface area contributed by atoms with Crippen molar-refractivity contribution in [1.29, 1.82) is 0 Å². The van der Waals surface area contributed by atoms with Crippen LogP contribution < -0.4 is 5.32 Å². The summed E-state index contributed by atoms with van der Waals surface area (Å²) in [5, 5.41) is 17.6. The Kier molecular flexibility index (Phi) is 2.64. The zero-order valence-electron chi connectivity index (χ0n) is 12.7. The van der Waals surface area contributed by atoms with E-state index in [1.54, 1.807) is 18.5 Å². The average molecular weight is 314 g/mol. The summed E-state index contributed by atoms with van der Waals surface area (Å²) in [6.07, 6.45) is 3.54. The first-order valence-electron chi connectivity index (χ1n) is 7.78. The van der Waals surface area contributed by atoms with Crippen LogP contribution in [-0.4, -0.2) is 19.7 Å². The molecule has 116 valence electrons. The minimum absolute atomic E-state index is 0.0380. The van der Waals surface area contributed by atoms with Gasteiger partial charge in [-0.15, -0.1) is 0 Å². The maximum Gasteiger partial charge on any atom is 0.137 e. The molecule has 3 heterocycles. The fraction of sp³-hybridized carbons (Fsp3) is 0.0526. The Bertz CT molecular complexity index is 1050. The topological polar surface area (TPSA) is 62.5 Å². The van der Waals surface area contributed by atoms with Gasteiger partial charge in [0.1, 0.15) is 17.8 Å². The van der Waals surface area contributed by atoms with Gasteiger partial charge in [0.15, 0.2) is 0 Å². The number of nitrogens with zero attached hydrogens (tertiary/aromatic N) is 3. The van der Waals surface area contributed by atoms with Crippen LogP contribution in [0.1, 0.15) is 17.2 Å². The second-order valence-electron chi connectivity index (χ2n) is 5.89. The molecule has 0 amide bonds. The van der Waals surface area contributed by atoms with Crippen molar-refractivity contribution in [1.82, 2.24) is 14.6 Å². The summed E-state index contributed by atoms with van der Waals surface area (Å²) in [5.41, 5.74) is 6.22. The van der Waals surface area contributed by atoms with E-state index in [1.807, 2.05) is 35.0 Å². The molecule has 0 saturated carbocycles. The van der Waals surface area contributed by atoms with Gasteiger partial charge in [0.2, 0.25) is 0 Å². The number of para-hydroxylation sites is 1. The highest BCUT2D eigenvalue weighted by Gasteiger charge is 2.26. The second-order valence-corrected chi connectivity index (χ2v) is 5.89. The summed E-state index contributed by atoms with van der Waals surface area (Å²) < 4.78 is 1.87. The van der Waals surface area contributed by atoms with Crippen LogP contribution >= 0.6 is 0 Å². The number of nitrogens with one attached hydrogen (secondary N) is 1. The van der Waals surface area contributed by atoms with Crippen molar-refractivity contribution in [2.24, 2.45) is 0 Å². The molecular weight excluding hydrogens is 300 g/mol. The summed E-state index contributed by atoms with van der Waals surface area (Å²) in [6, 6.07) is 17.5. The van der Waals surface area contributed by atoms with Gasteiger partial charge in [-0.05, 0) is 29.8 Å². The lowest BCUT2D eigenvalue weighted by Crippen LogP contribution is -2.11. The number of hydrogen-bond acceptors (Lipinski definition) is 4. The fourth-order valence-corrected chi connectivity index (χ4v) is 3.39. The van der Waals surface area contributed by atoms with Crippen molar-refractivity contribution in [3.8, 4) is 17.0 Å². The van der Waals surface area contributed by atoms with Gasteiger partial charge in [-0.25, -0.2) is 9.50 Å². The maximum atomic E-state index is 9.59. The van der Waals surface area contributed by atoms with Crippen molar-refractivity contribution >= 4 is 11.2 Å². The minimum atomic E-state index is -0.0380. The van der Waals surface area contributed by atoms with Gasteiger partial charge in [-0.2, -0.15) is 5.10 Å². The molecule has 5 heteroatoms. The third-order valence-corrected chi connectivity index (χ3v) is 4.50. The Hall–Kier alpha value is -3.34. The molecule has 0 bridgehead atoms. The second kappa shape index (κ2) is 4.83. The first-order valence-corrected chi connectivity index (χ1v) is 7.78. The monoisotopic (exact) mass is 314 g/mol. The first-order chi connectivity index (χ1) is 11.8. The van der Waals surface area contributed by atoms with E-state index in [4.69, 9.17) is 0 Å². The molecule has 0 aliphatic carbocycles. The van der Waals surface area contributed by atoms with Gasteiger partial charge in [-0.3, -0.25) is 0 Å². The van der Waals surface area contributed by atoms with Crippen LogP contribution in [0.25, 0.3) is 16.8 Å². The molecule has 5 rings (SSSR count). The number of phenolic OH excluding ortho intramolecular Hbond substituents is 1. The third-order valence-electron chi connectivity index (χ3n) is 4.50. The summed E-state index contributed by atoms with van der Waals surface area (Å²) >= 11 is 0. The van der Waals surface area contributed by atoms with Crippen LogP contribution in [-0.2, 0) is 0 Å². The van der Waals surface area contributed by atoms with Crippen molar-refractivity contribution in [2.75, 3.05) is 5.32 Å². The lowest BCUT2D eigenvalue weighted by molar-refractivity contribution is 0.475. The molecule has 1 aliphatic heterocycles. The highest BCUT2D eigenvalue weighted by atomic mass is 16.3. The number of benzene rings is 2. The van der Waals surface area contributed by atoms with Gasteiger partial charge < -0.3 is 10.4 Å². The summed E-state index contributed by atoms with van der Waals surface area (Å²) in [6.45, 7) is 0. The van der Waals surface area contributed by atoms with Gasteiger partial charge in [0, 0.05) is 23.0 Å². The minimum Gasteiger partial charge on any atom is -0.508 e. The predicted octanol–water partition coefficient (Wildman–Crippen LogP) is 3.62. The number of anilines is 1. The van der Waals surface area contributed by atoms with Crippen LogP contribution in [0.2, 0.25) is 0 Å². The number of aromatic hydroxyl groups is 1. The number of phenols is 1. The molecule has 2 N–H and O–H groups in total. The molecule has 4 aromatic rings. The summed E-state index contributed by atoms with van der Waals surface area (Å²) in [4.78, 5) is 4.54. The van der Waals surface area contributed by atoms with Crippen LogP contribution in [0.5, 0.6) is 5.75 Å². The number of rotatable bonds is 1.